The molecule has 1 unspecified atom stereocenters. The molecule has 180 valence electrons. The number of hydrogen-bond donors (Lipinski definition) is 0. The molecule has 0 saturated carbocycles. The van der Waals surface area contributed by atoms with Gasteiger partial charge in [-0.25, -0.2) is 4.98 Å². The number of aromatic nitrogens is 3. The summed E-state index contributed by atoms with van der Waals surface area (Å²) < 4.78 is 19.7. The van der Waals surface area contributed by atoms with E-state index >= 15 is 0 Å². The lowest BCUT2D eigenvalue weighted by atomic mass is 10.1. The van der Waals surface area contributed by atoms with Crippen LogP contribution in [0.2, 0.25) is 0 Å². The zero-order chi connectivity index (χ0) is 24.8. The predicted octanol–water partition coefficient (Wildman–Crippen LogP) is 2.48. The van der Waals surface area contributed by atoms with E-state index in [0.717, 1.165) is 18.4 Å². The SMILES string of the molecule is Cc1cccn2c(=O)c3cc(C#N)c(=NC(=O)c4ccc5c(c4)OCO5)n(CC4CCCO4)c3nc12. The molecule has 0 spiro atoms. The van der Waals surface area contributed by atoms with Crippen LogP contribution >= 0.6 is 0 Å². The number of hydrogen-bond acceptors (Lipinski definition) is 7. The zero-order valence-corrected chi connectivity index (χ0v) is 19.4. The van der Waals surface area contributed by atoms with Crippen molar-refractivity contribution in [3.05, 3.63) is 75.1 Å². The molecule has 1 fully saturated rings. The summed E-state index contributed by atoms with van der Waals surface area (Å²) in [6.07, 6.45) is 3.21. The summed E-state index contributed by atoms with van der Waals surface area (Å²) in [7, 11) is 0. The molecule has 0 radical (unpaired) electrons. The van der Waals surface area contributed by atoms with Gasteiger partial charge in [0.1, 0.15) is 17.4 Å². The van der Waals surface area contributed by atoms with E-state index in [9.17, 15) is 14.9 Å². The second-order valence-electron chi connectivity index (χ2n) is 8.76. The first-order valence-electron chi connectivity index (χ1n) is 11.6. The van der Waals surface area contributed by atoms with Gasteiger partial charge in [-0.3, -0.25) is 14.0 Å². The van der Waals surface area contributed by atoms with E-state index in [1.165, 1.54) is 10.5 Å². The maximum absolute atomic E-state index is 13.4. The van der Waals surface area contributed by atoms with Crippen molar-refractivity contribution in [3.8, 4) is 17.6 Å². The van der Waals surface area contributed by atoms with Gasteiger partial charge in [-0.1, -0.05) is 6.07 Å². The summed E-state index contributed by atoms with van der Waals surface area (Å²) in [5.74, 6) is 0.452. The molecule has 5 heterocycles. The number of nitrogens with zero attached hydrogens (tertiary/aromatic N) is 5. The number of nitriles is 1. The highest BCUT2D eigenvalue weighted by atomic mass is 16.7. The number of ether oxygens (including phenoxy) is 3. The number of benzene rings is 1. The Morgan fingerprint density at radius 2 is 2.08 bits per heavy atom. The fraction of sp³-hybridized carbons (Fsp3) is 0.269. The second-order valence-corrected chi connectivity index (χ2v) is 8.76. The van der Waals surface area contributed by atoms with E-state index in [4.69, 9.17) is 19.2 Å². The molecule has 10 heteroatoms. The van der Waals surface area contributed by atoms with Crippen LogP contribution in [0.4, 0.5) is 0 Å². The van der Waals surface area contributed by atoms with Gasteiger partial charge in [-0.05, 0) is 55.7 Å². The summed E-state index contributed by atoms with van der Waals surface area (Å²) in [6, 6.07) is 12.0. The lowest BCUT2D eigenvalue weighted by Crippen LogP contribution is -2.33. The van der Waals surface area contributed by atoms with Gasteiger partial charge in [0, 0.05) is 18.4 Å². The molecule has 1 saturated heterocycles. The Morgan fingerprint density at radius 3 is 2.89 bits per heavy atom. The lowest BCUT2D eigenvalue weighted by molar-refractivity contribution is 0.0952. The Hall–Kier alpha value is -4.49. The van der Waals surface area contributed by atoms with Gasteiger partial charge in [-0.15, -0.1) is 0 Å². The molecule has 3 aromatic heterocycles. The molecule has 1 atom stereocenters. The van der Waals surface area contributed by atoms with E-state index in [2.05, 4.69) is 11.1 Å². The number of aryl methyl sites for hydroxylation is 1. The summed E-state index contributed by atoms with van der Waals surface area (Å²) in [6.45, 7) is 2.88. The first kappa shape index (κ1) is 22.0. The van der Waals surface area contributed by atoms with Crippen LogP contribution in [0.15, 0.2) is 52.4 Å². The highest BCUT2D eigenvalue weighted by Crippen LogP contribution is 2.32. The van der Waals surface area contributed by atoms with Gasteiger partial charge in [0.25, 0.3) is 11.5 Å². The lowest BCUT2D eigenvalue weighted by Gasteiger charge is -2.17. The Kier molecular flexibility index (Phi) is 5.27. The Balaban J connectivity index is 1.63. The van der Waals surface area contributed by atoms with Gasteiger partial charge in [0.05, 0.1) is 23.6 Å². The minimum absolute atomic E-state index is 0.0867. The largest absolute Gasteiger partial charge is 0.454 e. The summed E-state index contributed by atoms with van der Waals surface area (Å²) in [5.41, 5.74) is 1.88. The highest BCUT2D eigenvalue weighted by Gasteiger charge is 2.22. The Bertz CT molecular complexity index is 1720. The van der Waals surface area contributed by atoms with E-state index in [1.54, 1.807) is 35.0 Å². The zero-order valence-electron chi connectivity index (χ0n) is 19.4. The van der Waals surface area contributed by atoms with Crippen molar-refractivity contribution in [3.63, 3.8) is 0 Å². The molecule has 1 amide bonds. The fourth-order valence-corrected chi connectivity index (χ4v) is 4.65. The van der Waals surface area contributed by atoms with E-state index in [-0.39, 0.29) is 40.5 Å². The number of rotatable bonds is 3. The van der Waals surface area contributed by atoms with Crippen LogP contribution in [0.3, 0.4) is 0 Å². The molecular weight excluding hydrogens is 462 g/mol. The monoisotopic (exact) mass is 483 g/mol. The Labute approximate surface area is 204 Å². The summed E-state index contributed by atoms with van der Waals surface area (Å²) in [4.78, 5) is 35.8. The molecule has 0 bridgehead atoms. The molecule has 2 aliphatic rings. The van der Waals surface area contributed by atoms with E-state index in [1.807, 2.05) is 13.0 Å². The molecular formula is C26H21N5O5. The van der Waals surface area contributed by atoms with Crippen molar-refractivity contribution >= 4 is 22.6 Å². The van der Waals surface area contributed by atoms with Crippen LogP contribution < -0.4 is 20.5 Å². The number of amides is 1. The Morgan fingerprint density at radius 1 is 1.22 bits per heavy atom. The molecule has 10 nitrogen and oxygen atoms in total. The first-order valence-corrected chi connectivity index (χ1v) is 11.6. The number of fused-ring (bicyclic) bond motifs is 3. The maximum Gasteiger partial charge on any atom is 0.279 e. The van der Waals surface area contributed by atoms with Gasteiger partial charge in [-0.2, -0.15) is 10.3 Å². The van der Waals surface area contributed by atoms with Crippen molar-refractivity contribution in [2.75, 3.05) is 13.4 Å². The van der Waals surface area contributed by atoms with E-state index < -0.39 is 5.91 Å². The average Bonchev–Trinajstić information content (AvgIpc) is 3.57. The number of carbonyl (C=O) groups is 1. The molecule has 1 aromatic carbocycles. The first-order chi connectivity index (χ1) is 17.5. The third-order valence-corrected chi connectivity index (χ3v) is 6.46. The third kappa shape index (κ3) is 3.61. The smallest absolute Gasteiger partial charge is 0.279 e. The second kappa shape index (κ2) is 8.62. The van der Waals surface area contributed by atoms with Crippen LogP contribution in [-0.4, -0.2) is 39.4 Å². The normalized spacial score (nSPS) is 17.1. The fourth-order valence-electron chi connectivity index (χ4n) is 4.65. The van der Waals surface area contributed by atoms with E-state index in [0.29, 0.717) is 35.9 Å². The topological polar surface area (TPSA) is 120 Å². The van der Waals surface area contributed by atoms with Crippen LogP contribution in [0.5, 0.6) is 11.5 Å². The van der Waals surface area contributed by atoms with Gasteiger partial charge in [0.2, 0.25) is 6.79 Å². The van der Waals surface area contributed by atoms with Crippen molar-refractivity contribution < 1.29 is 19.0 Å². The van der Waals surface area contributed by atoms with Crippen molar-refractivity contribution in [2.24, 2.45) is 4.99 Å². The number of pyridine rings is 2. The third-order valence-electron chi connectivity index (χ3n) is 6.46. The highest BCUT2D eigenvalue weighted by molar-refractivity contribution is 5.95. The number of carbonyl (C=O) groups excluding carboxylic acids is 1. The molecule has 0 aliphatic carbocycles. The van der Waals surface area contributed by atoms with Gasteiger partial charge in [0.15, 0.2) is 17.0 Å². The van der Waals surface area contributed by atoms with Gasteiger partial charge >= 0.3 is 0 Å². The molecule has 0 N–H and O–H groups in total. The standard InChI is InChI=1S/C26H21N5O5/c1-15-4-2-8-30-22(15)28-24-19(26(30)33)10-17(12-27)23(31(24)13-18-5-3-9-34-18)29-25(32)16-6-7-20-21(11-16)36-14-35-20/h2,4,6-8,10-11,18H,3,5,9,13-14H2,1H3. The van der Waals surface area contributed by atoms with Crippen molar-refractivity contribution in [1.29, 1.82) is 5.26 Å². The quantitative estimate of drug-likeness (QED) is 0.411. The molecule has 2 aliphatic heterocycles. The van der Waals surface area contributed by atoms with Gasteiger partial charge < -0.3 is 18.8 Å². The van der Waals surface area contributed by atoms with Crippen molar-refractivity contribution in [2.45, 2.75) is 32.4 Å². The van der Waals surface area contributed by atoms with Crippen LogP contribution in [-0.2, 0) is 11.3 Å². The van der Waals surface area contributed by atoms with Crippen LogP contribution in [0.1, 0.15) is 34.3 Å². The summed E-state index contributed by atoms with van der Waals surface area (Å²) in [5, 5.41) is 10.3. The van der Waals surface area contributed by atoms with Crippen LogP contribution in [0, 0.1) is 18.3 Å². The molecule has 36 heavy (non-hydrogen) atoms. The molecule has 6 rings (SSSR count). The average molecular weight is 483 g/mol. The van der Waals surface area contributed by atoms with Crippen LogP contribution in [0.25, 0.3) is 16.7 Å². The summed E-state index contributed by atoms with van der Waals surface area (Å²) >= 11 is 0. The minimum Gasteiger partial charge on any atom is -0.454 e. The maximum atomic E-state index is 13.4. The molecule has 4 aromatic rings. The predicted molar refractivity (Wildman–Crippen MR) is 128 cm³/mol. The van der Waals surface area contributed by atoms with Crippen molar-refractivity contribution in [1.82, 2.24) is 14.0 Å². The minimum atomic E-state index is -0.557.